The predicted octanol–water partition coefficient (Wildman–Crippen LogP) is 3.39. The van der Waals surface area contributed by atoms with Gasteiger partial charge in [-0.25, -0.2) is 4.98 Å². The van der Waals surface area contributed by atoms with Crippen molar-refractivity contribution in [1.82, 2.24) is 19.6 Å². The molecule has 4 rings (SSSR count). The van der Waals surface area contributed by atoms with Gasteiger partial charge in [0.25, 0.3) is 0 Å². The van der Waals surface area contributed by atoms with E-state index in [2.05, 4.69) is 20.5 Å². The van der Waals surface area contributed by atoms with Crippen LogP contribution in [-0.4, -0.2) is 43.9 Å². The summed E-state index contributed by atoms with van der Waals surface area (Å²) in [5.41, 5.74) is -1.10. The average molecular weight is 407 g/mol. The molecule has 0 atom stereocenters. The molecule has 0 bridgehead atoms. The quantitative estimate of drug-likeness (QED) is 0.675. The van der Waals surface area contributed by atoms with Gasteiger partial charge in [0, 0.05) is 12.1 Å². The van der Waals surface area contributed by atoms with Gasteiger partial charge in [0.1, 0.15) is 17.8 Å². The Labute approximate surface area is 164 Å². The summed E-state index contributed by atoms with van der Waals surface area (Å²) in [6.45, 7) is 2.37. The van der Waals surface area contributed by atoms with Gasteiger partial charge in [0.05, 0.1) is 30.0 Å². The summed E-state index contributed by atoms with van der Waals surface area (Å²) in [7, 11) is 1.31. The molecule has 29 heavy (non-hydrogen) atoms. The summed E-state index contributed by atoms with van der Waals surface area (Å²) in [4.78, 5) is 4.06. The smallest absolute Gasteiger partial charge is 0.417 e. The van der Waals surface area contributed by atoms with Crippen LogP contribution in [0.1, 0.15) is 25.3 Å². The number of nitrogens with zero attached hydrogens (tertiary/aromatic N) is 4. The van der Waals surface area contributed by atoms with Crippen LogP contribution in [0.25, 0.3) is 16.8 Å². The molecule has 2 N–H and O–H groups in total. The first-order valence-electron chi connectivity index (χ1n) is 9.08. The molecule has 3 aromatic rings. The van der Waals surface area contributed by atoms with Gasteiger partial charge in [-0.1, -0.05) is 0 Å². The number of imidazole rings is 1. The van der Waals surface area contributed by atoms with Gasteiger partial charge in [-0.3, -0.25) is 4.40 Å². The Balaban J connectivity index is 1.69. The van der Waals surface area contributed by atoms with Gasteiger partial charge in [-0.15, -0.1) is 10.2 Å². The van der Waals surface area contributed by atoms with Crippen LogP contribution in [0.2, 0.25) is 0 Å². The third kappa shape index (κ3) is 3.71. The second-order valence-corrected chi connectivity index (χ2v) is 7.58. The number of aliphatic hydroxyl groups is 1. The first-order valence-corrected chi connectivity index (χ1v) is 9.08. The third-order valence-electron chi connectivity index (χ3n) is 5.15. The molecule has 0 spiro atoms. The van der Waals surface area contributed by atoms with E-state index in [-0.39, 0.29) is 17.0 Å². The fourth-order valence-corrected chi connectivity index (χ4v) is 3.80. The summed E-state index contributed by atoms with van der Waals surface area (Å²) in [6.07, 6.45) is -0.295. The van der Waals surface area contributed by atoms with Crippen molar-refractivity contribution in [2.24, 2.45) is 5.92 Å². The number of fused-ring (bicyclic) bond motifs is 1. The third-order valence-corrected chi connectivity index (χ3v) is 5.15. The first-order chi connectivity index (χ1) is 13.7. The van der Waals surface area contributed by atoms with E-state index in [9.17, 15) is 18.3 Å². The summed E-state index contributed by atoms with van der Waals surface area (Å²) >= 11 is 0. The summed E-state index contributed by atoms with van der Waals surface area (Å²) < 4.78 is 47.4. The van der Waals surface area contributed by atoms with Crippen LogP contribution in [0.15, 0.2) is 30.7 Å². The van der Waals surface area contributed by atoms with Crippen molar-refractivity contribution in [3.8, 4) is 17.0 Å². The van der Waals surface area contributed by atoms with Crippen LogP contribution in [0.3, 0.4) is 0 Å². The lowest BCUT2D eigenvalue weighted by atomic mass is 9.72. The van der Waals surface area contributed by atoms with Crippen LogP contribution in [0.5, 0.6) is 5.75 Å². The lowest BCUT2D eigenvalue weighted by Crippen LogP contribution is -2.43. The summed E-state index contributed by atoms with van der Waals surface area (Å²) in [5, 5.41) is 21.1. The van der Waals surface area contributed by atoms with Gasteiger partial charge in [-0.05, 0) is 43.9 Å². The van der Waals surface area contributed by atoms with E-state index in [4.69, 9.17) is 4.74 Å². The number of halogens is 3. The Hall–Kier alpha value is -2.88. The van der Waals surface area contributed by atoms with Crippen molar-refractivity contribution in [3.05, 3.63) is 36.3 Å². The fourth-order valence-electron chi connectivity index (χ4n) is 3.80. The van der Waals surface area contributed by atoms with Gasteiger partial charge in [0.15, 0.2) is 0 Å². The molecule has 2 heterocycles. The molecular formula is C19H20F3N5O2. The normalized spacial score (nSPS) is 21.8. The van der Waals surface area contributed by atoms with Crippen LogP contribution in [0, 0.1) is 5.92 Å². The minimum absolute atomic E-state index is 0.0783. The highest BCUT2D eigenvalue weighted by Crippen LogP contribution is 2.40. The largest absolute Gasteiger partial charge is 0.497 e. The number of ether oxygens (including phenoxy) is 1. The Bertz CT molecular complexity index is 1040. The molecule has 10 heteroatoms. The average Bonchev–Trinajstić information content (AvgIpc) is 3.13. The molecular weight excluding hydrogens is 387 g/mol. The molecule has 1 aromatic carbocycles. The van der Waals surface area contributed by atoms with Crippen molar-refractivity contribution in [2.45, 2.75) is 31.5 Å². The molecule has 0 aliphatic heterocycles. The molecule has 1 aliphatic carbocycles. The number of hydrogen-bond donors (Lipinski definition) is 2. The van der Waals surface area contributed by atoms with E-state index in [1.807, 2.05) is 0 Å². The fraction of sp³-hybridized carbons (Fsp3) is 0.421. The number of hydrogen-bond acceptors (Lipinski definition) is 6. The van der Waals surface area contributed by atoms with Crippen molar-refractivity contribution >= 4 is 11.5 Å². The molecule has 0 saturated heterocycles. The SMILES string of the molecule is COc1ccc(-c2nnc(NCC3CC(C)(O)C3)n3cncc23)c(C(F)(F)F)c1. The molecule has 7 nitrogen and oxygen atoms in total. The Morgan fingerprint density at radius 1 is 1.31 bits per heavy atom. The minimum Gasteiger partial charge on any atom is -0.497 e. The van der Waals surface area contributed by atoms with Crippen molar-refractivity contribution in [2.75, 3.05) is 19.0 Å². The summed E-state index contributed by atoms with van der Waals surface area (Å²) in [5.74, 6) is 0.784. The second kappa shape index (κ2) is 6.87. The number of nitrogens with one attached hydrogen (secondary N) is 1. The summed E-state index contributed by atoms with van der Waals surface area (Å²) in [6, 6.07) is 3.72. The molecule has 0 radical (unpaired) electrons. The highest BCUT2D eigenvalue weighted by molar-refractivity contribution is 5.79. The molecule has 1 fully saturated rings. The minimum atomic E-state index is -4.58. The van der Waals surface area contributed by atoms with Crippen molar-refractivity contribution in [1.29, 1.82) is 0 Å². The zero-order chi connectivity index (χ0) is 20.8. The Morgan fingerprint density at radius 2 is 2.07 bits per heavy atom. The molecule has 0 amide bonds. The highest BCUT2D eigenvalue weighted by Gasteiger charge is 2.38. The Morgan fingerprint density at radius 3 is 2.72 bits per heavy atom. The second-order valence-electron chi connectivity index (χ2n) is 7.58. The number of aromatic nitrogens is 4. The van der Waals surface area contributed by atoms with Crippen LogP contribution in [0.4, 0.5) is 19.1 Å². The highest BCUT2D eigenvalue weighted by atomic mass is 19.4. The van der Waals surface area contributed by atoms with Crippen LogP contribution in [-0.2, 0) is 6.18 Å². The monoisotopic (exact) mass is 407 g/mol. The first kappa shape index (κ1) is 19.4. The standard InChI is InChI=1S/C19H20F3N5O2/c1-18(28)6-11(7-18)8-24-17-26-25-16(15-9-23-10-27(15)17)13-4-3-12(29-2)5-14(13)19(20,21)22/h3-5,9-11,28H,6-8H2,1-2H3,(H,24,26). The molecule has 1 aliphatic rings. The number of anilines is 1. The van der Waals surface area contributed by atoms with Crippen molar-refractivity contribution < 1.29 is 23.0 Å². The lowest BCUT2D eigenvalue weighted by Gasteiger charge is -2.41. The maximum absolute atomic E-state index is 13.6. The number of benzene rings is 1. The molecule has 154 valence electrons. The van der Waals surface area contributed by atoms with Crippen LogP contribution < -0.4 is 10.1 Å². The van der Waals surface area contributed by atoms with E-state index in [1.165, 1.54) is 31.8 Å². The van der Waals surface area contributed by atoms with E-state index in [0.717, 1.165) is 6.07 Å². The van der Waals surface area contributed by atoms with E-state index in [0.29, 0.717) is 36.8 Å². The van der Waals surface area contributed by atoms with Crippen molar-refractivity contribution in [3.63, 3.8) is 0 Å². The lowest BCUT2D eigenvalue weighted by molar-refractivity contribution is -0.137. The Kier molecular flexibility index (Phi) is 4.60. The number of rotatable bonds is 5. The molecule has 2 aromatic heterocycles. The van der Waals surface area contributed by atoms with Gasteiger partial charge >= 0.3 is 6.18 Å². The predicted molar refractivity (Wildman–Crippen MR) is 99.6 cm³/mol. The van der Waals surface area contributed by atoms with E-state index >= 15 is 0 Å². The maximum Gasteiger partial charge on any atom is 0.417 e. The van der Waals surface area contributed by atoms with Gasteiger partial charge < -0.3 is 15.2 Å². The van der Waals surface area contributed by atoms with Crippen LogP contribution >= 0.6 is 0 Å². The number of alkyl halides is 3. The topological polar surface area (TPSA) is 84.6 Å². The molecule has 0 unspecified atom stereocenters. The van der Waals surface area contributed by atoms with Gasteiger partial charge in [-0.2, -0.15) is 13.2 Å². The zero-order valence-electron chi connectivity index (χ0n) is 15.9. The maximum atomic E-state index is 13.6. The van der Waals surface area contributed by atoms with E-state index < -0.39 is 17.3 Å². The zero-order valence-corrected chi connectivity index (χ0v) is 15.9. The van der Waals surface area contributed by atoms with E-state index in [1.54, 1.807) is 11.3 Å². The van der Waals surface area contributed by atoms with Gasteiger partial charge in [0.2, 0.25) is 5.95 Å². The number of methoxy groups -OCH3 is 1. The molecule has 1 saturated carbocycles.